The number of rotatable bonds is 7. The Kier molecular flexibility index (Phi) is 6.54. The van der Waals surface area contributed by atoms with Gasteiger partial charge in [0.2, 0.25) is 0 Å². The predicted molar refractivity (Wildman–Crippen MR) is 154 cm³/mol. The number of aromatic amines is 1. The van der Waals surface area contributed by atoms with E-state index in [1.165, 1.54) is 4.90 Å². The number of para-hydroxylation sites is 1. The summed E-state index contributed by atoms with van der Waals surface area (Å²) in [5.74, 6) is 0.767. The predicted octanol–water partition coefficient (Wildman–Crippen LogP) is 5.44. The Morgan fingerprint density at radius 1 is 1.02 bits per heavy atom. The molecule has 0 spiro atoms. The van der Waals surface area contributed by atoms with Crippen molar-refractivity contribution in [3.63, 3.8) is 0 Å². The number of benzene rings is 3. The first-order chi connectivity index (χ1) is 19.4. The van der Waals surface area contributed by atoms with Gasteiger partial charge in [0, 0.05) is 35.1 Å². The summed E-state index contributed by atoms with van der Waals surface area (Å²) in [6, 6.07) is 20.8. The topological polar surface area (TPSA) is 94.7 Å². The average Bonchev–Trinajstić information content (AvgIpc) is 3.46. The van der Waals surface area contributed by atoms with E-state index in [1.807, 2.05) is 42.5 Å². The lowest BCUT2D eigenvalue weighted by Crippen LogP contribution is -2.44. The summed E-state index contributed by atoms with van der Waals surface area (Å²) < 4.78 is 5.35. The number of amides is 4. The number of fused-ring (bicyclic) bond motifs is 4. The number of carbonyl (C=O) groups excluding carboxylic acids is 3. The molecule has 1 saturated heterocycles. The summed E-state index contributed by atoms with van der Waals surface area (Å²) in [4.78, 5) is 46.9. The van der Waals surface area contributed by atoms with Crippen LogP contribution in [-0.2, 0) is 11.2 Å². The third kappa shape index (κ3) is 4.29. The quantitative estimate of drug-likeness (QED) is 0.308. The standard InChI is InChI=1S/C32H32N4O4/c1-19(2)16-17-33-30(37)21-8-12-22(13-9-21)35-31(38)27-18-25-24-6-4-5-7-26(24)34-28(25)29(36(27)32(35)39)20-10-14-23(40-3)15-11-20/h4-15,19,27,29,34H,16-18H2,1-3H3,(H,33,37)/t27-,29+/m0/s1. The number of carbonyl (C=O) groups is 3. The summed E-state index contributed by atoms with van der Waals surface area (Å²) in [6.07, 6.45) is 1.31. The number of anilines is 1. The van der Waals surface area contributed by atoms with Crippen LogP contribution < -0.4 is 15.0 Å². The summed E-state index contributed by atoms with van der Waals surface area (Å²) >= 11 is 0. The average molecular weight is 537 g/mol. The lowest BCUT2D eigenvalue weighted by atomic mass is 9.89. The van der Waals surface area contributed by atoms with E-state index < -0.39 is 12.1 Å². The van der Waals surface area contributed by atoms with Crippen LogP contribution in [0.15, 0.2) is 72.8 Å². The third-order valence-electron chi connectivity index (χ3n) is 7.88. The Bertz CT molecular complexity index is 1590. The Morgan fingerprint density at radius 3 is 2.45 bits per heavy atom. The van der Waals surface area contributed by atoms with Crippen LogP contribution in [0.5, 0.6) is 5.75 Å². The van der Waals surface area contributed by atoms with E-state index >= 15 is 0 Å². The van der Waals surface area contributed by atoms with Crippen molar-refractivity contribution in [2.24, 2.45) is 5.92 Å². The summed E-state index contributed by atoms with van der Waals surface area (Å²) in [6.45, 7) is 4.81. The molecule has 6 rings (SSSR count). The van der Waals surface area contributed by atoms with E-state index in [4.69, 9.17) is 4.74 Å². The molecule has 0 radical (unpaired) electrons. The Hall–Kier alpha value is -4.59. The molecule has 0 aliphatic carbocycles. The maximum atomic E-state index is 14.0. The largest absolute Gasteiger partial charge is 0.497 e. The minimum atomic E-state index is -0.648. The number of ether oxygens (including phenoxy) is 1. The van der Waals surface area contributed by atoms with E-state index in [2.05, 4.69) is 30.2 Å². The van der Waals surface area contributed by atoms with Gasteiger partial charge in [0.1, 0.15) is 17.8 Å². The SMILES string of the molecule is COc1ccc([C@@H]2c3[nH]c4ccccc4c3C[C@H]3C(=O)N(c4ccc(C(=O)NCCC(C)C)cc4)C(=O)N23)cc1. The second-order valence-corrected chi connectivity index (χ2v) is 10.8. The van der Waals surface area contributed by atoms with Gasteiger partial charge in [0.05, 0.1) is 12.8 Å². The van der Waals surface area contributed by atoms with Gasteiger partial charge in [-0.1, -0.05) is 44.2 Å². The van der Waals surface area contributed by atoms with Gasteiger partial charge in [-0.05, 0) is 65.9 Å². The number of urea groups is 1. The highest BCUT2D eigenvalue weighted by Crippen LogP contribution is 2.45. The van der Waals surface area contributed by atoms with Crippen molar-refractivity contribution in [2.45, 2.75) is 38.8 Å². The number of nitrogens with zero attached hydrogens (tertiary/aromatic N) is 2. The molecule has 0 unspecified atom stereocenters. The molecule has 8 nitrogen and oxygen atoms in total. The Morgan fingerprint density at radius 2 is 1.75 bits per heavy atom. The molecular weight excluding hydrogens is 504 g/mol. The molecule has 4 aromatic rings. The number of hydrogen-bond acceptors (Lipinski definition) is 4. The van der Waals surface area contributed by atoms with Gasteiger partial charge in [-0.15, -0.1) is 0 Å². The van der Waals surface area contributed by atoms with Crippen molar-refractivity contribution in [1.82, 2.24) is 15.2 Å². The van der Waals surface area contributed by atoms with Gasteiger partial charge >= 0.3 is 6.03 Å². The van der Waals surface area contributed by atoms with E-state index in [0.717, 1.165) is 34.1 Å². The smallest absolute Gasteiger partial charge is 0.332 e. The van der Waals surface area contributed by atoms with Gasteiger partial charge in [-0.3, -0.25) is 14.5 Å². The zero-order valence-electron chi connectivity index (χ0n) is 22.8. The fourth-order valence-corrected chi connectivity index (χ4v) is 5.78. The van der Waals surface area contributed by atoms with Crippen LogP contribution in [0.2, 0.25) is 0 Å². The summed E-state index contributed by atoms with van der Waals surface area (Å²) in [5.41, 5.74) is 4.76. The molecule has 2 atom stereocenters. The molecule has 4 amide bonds. The van der Waals surface area contributed by atoms with Crippen LogP contribution in [0.3, 0.4) is 0 Å². The van der Waals surface area contributed by atoms with E-state index in [9.17, 15) is 14.4 Å². The highest BCUT2D eigenvalue weighted by Gasteiger charge is 2.53. The van der Waals surface area contributed by atoms with E-state index in [0.29, 0.717) is 35.9 Å². The molecule has 2 aliphatic rings. The first kappa shape index (κ1) is 25.7. The van der Waals surface area contributed by atoms with Crippen LogP contribution in [0.1, 0.15) is 53.5 Å². The molecule has 1 aromatic heterocycles. The zero-order valence-corrected chi connectivity index (χ0v) is 22.8. The van der Waals surface area contributed by atoms with Crippen molar-refractivity contribution in [1.29, 1.82) is 0 Å². The first-order valence-corrected chi connectivity index (χ1v) is 13.6. The Labute approximate surface area is 232 Å². The zero-order chi connectivity index (χ0) is 28.0. The van der Waals surface area contributed by atoms with Crippen LogP contribution >= 0.6 is 0 Å². The maximum absolute atomic E-state index is 14.0. The van der Waals surface area contributed by atoms with Crippen LogP contribution in [0, 0.1) is 5.92 Å². The monoisotopic (exact) mass is 536 g/mol. The number of aromatic nitrogens is 1. The number of hydrogen-bond donors (Lipinski definition) is 2. The van der Waals surface area contributed by atoms with E-state index in [-0.39, 0.29) is 17.8 Å². The Balaban J connectivity index is 1.35. The summed E-state index contributed by atoms with van der Waals surface area (Å²) in [7, 11) is 1.61. The normalized spacial score (nSPS) is 18.3. The lowest BCUT2D eigenvalue weighted by molar-refractivity contribution is -0.120. The molecular formula is C32H32N4O4. The molecule has 40 heavy (non-hydrogen) atoms. The van der Waals surface area contributed by atoms with E-state index in [1.54, 1.807) is 36.3 Å². The second kappa shape index (κ2) is 10.2. The van der Waals surface area contributed by atoms with Crippen molar-refractivity contribution >= 4 is 34.4 Å². The number of nitrogens with one attached hydrogen (secondary N) is 2. The molecule has 2 N–H and O–H groups in total. The molecule has 0 saturated carbocycles. The first-order valence-electron chi connectivity index (χ1n) is 13.6. The van der Waals surface area contributed by atoms with Crippen LogP contribution in [0.25, 0.3) is 10.9 Å². The van der Waals surface area contributed by atoms with Gasteiger partial charge in [0.15, 0.2) is 0 Å². The highest BCUT2D eigenvalue weighted by molar-refractivity contribution is 6.22. The summed E-state index contributed by atoms with van der Waals surface area (Å²) in [5, 5.41) is 3.98. The van der Waals surface area contributed by atoms with Crippen molar-refractivity contribution < 1.29 is 19.1 Å². The fraction of sp³-hybridized carbons (Fsp3) is 0.281. The highest BCUT2D eigenvalue weighted by atomic mass is 16.5. The van der Waals surface area contributed by atoms with Crippen molar-refractivity contribution in [3.8, 4) is 5.75 Å². The van der Waals surface area contributed by atoms with Gasteiger partial charge in [-0.25, -0.2) is 9.69 Å². The van der Waals surface area contributed by atoms with Gasteiger partial charge < -0.3 is 15.0 Å². The van der Waals surface area contributed by atoms with Gasteiger partial charge in [-0.2, -0.15) is 0 Å². The molecule has 3 heterocycles. The third-order valence-corrected chi connectivity index (χ3v) is 7.88. The lowest BCUT2D eigenvalue weighted by Gasteiger charge is -2.36. The number of H-pyrrole nitrogens is 1. The van der Waals surface area contributed by atoms with Crippen molar-refractivity contribution in [2.75, 3.05) is 18.6 Å². The second-order valence-electron chi connectivity index (χ2n) is 10.8. The molecule has 1 fully saturated rings. The van der Waals surface area contributed by atoms with Crippen LogP contribution in [-0.4, -0.2) is 47.4 Å². The number of methoxy groups -OCH3 is 1. The number of imide groups is 1. The van der Waals surface area contributed by atoms with Gasteiger partial charge in [0.25, 0.3) is 11.8 Å². The molecule has 0 bridgehead atoms. The molecule has 8 heteroatoms. The van der Waals surface area contributed by atoms with Crippen molar-refractivity contribution in [3.05, 3.63) is 95.2 Å². The molecule has 3 aromatic carbocycles. The minimum Gasteiger partial charge on any atom is -0.497 e. The van der Waals surface area contributed by atoms with Crippen LogP contribution in [0.4, 0.5) is 10.5 Å². The minimum absolute atomic E-state index is 0.173. The molecule has 204 valence electrons. The molecule has 2 aliphatic heterocycles. The maximum Gasteiger partial charge on any atom is 0.332 e. The fourth-order valence-electron chi connectivity index (χ4n) is 5.78.